The van der Waals surface area contributed by atoms with Gasteiger partial charge in [0.15, 0.2) is 5.75 Å². The Hall–Kier alpha value is -1.43. The summed E-state index contributed by atoms with van der Waals surface area (Å²) in [5.41, 5.74) is 0.854. The third kappa shape index (κ3) is 4.98. The van der Waals surface area contributed by atoms with E-state index in [2.05, 4.69) is 18.5 Å². The molecule has 0 bridgehead atoms. The molecule has 0 aliphatic heterocycles. The van der Waals surface area contributed by atoms with Gasteiger partial charge in [0.1, 0.15) is 0 Å². The van der Waals surface area contributed by atoms with E-state index in [1.165, 1.54) is 6.07 Å². The Morgan fingerprint density at radius 2 is 2.26 bits per heavy atom. The van der Waals surface area contributed by atoms with Crippen LogP contribution in [0, 0.1) is 10.1 Å². The molecule has 0 aromatic heterocycles. The summed E-state index contributed by atoms with van der Waals surface area (Å²) in [6.07, 6.45) is 3.12. The van der Waals surface area contributed by atoms with E-state index in [4.69, 9.17) is 4.74 Å². The van der Waals surface area contributed by atoms with Gasteiger partial charge in [-0.25, -0.2) is 0 Å². The van der Waals surface area contributed by atoms with Crippen LogP contribution in [-0.4, -0.2) is 29.6 Å². The van der Waals surface area contributed by atoms with E-state index < -0.39 is 4.92 Å². The molecule has 19 heavy (non-hydrogen) atoms. The zero-order valence-electron chi connectivity index (χ0n) is 11.5. The first kappa shape index (κ1) is 15.6. The fraction of sp³-hybridized carbons (Fsp3) is 0.538. The summed E-state index contributed by atoms with van der Waals surface area (Å²) in [4.78, 5) is 10.4. The third-order valence-electron chi connectivity index (χ3n) is 2.62. The molecule has 0 spiro atoms. The number of anilines is 1. The van der Waals surface area contributed by atoms with Crippen LogP contribution in [0.2, 0.25) is 0 Å². The Balaban J connectivity index is 2.80. The van der Waals surface area contributed by atoms with Crippen LogP contribution in [0.5, 0.6) is 5.75 Å². The lowest BCUT2D eigenvalue weighted by molar-refractivity contribution is -0.385. The van der Waals surface area contributed by atoms with Crippen LogP contribution in [0.4, 0.5) is 11.4 Å². The first-order chi connectivity index (χ1) is 9.08. The Morgan fingerprint density at radius 1 is 1.53 bits per heavy atom. The summed E-state index contributed by atoms with van der Waals surface area (Å²) < 4.78 is 5.32. The largest absolute Gasteiger partial charge is 0.487 e. The van der Waals surface area contributed by atoms with Crippen molar-refractivity contribution in [3.63, 3.8) is 0 Å². The van der Waals surface area contributed by atoms with E-state index in [-0.39, 0.29) is 5.69 Å². The number of thioether (sulfide) groups is 1. The number of hydrogen-bond donors (Lipinski definition) is 1. The molecule has 0 heterocycles. The summed E-state index contributed by atoms with van der Waals surface area (Å²) >= 11 is 1.80. The molecule has 1 rings (SSSR count). The van der Waals surface area contributed by atoms with Gasteiger partial charge in [-0.3, -0.25) is 10.1 Å². The highest BCUT2D eigenvalue weighted by Crippen LogP contribution is 2.30. The molecule has 0 radical (unpaired) electrons. The molecular weight excluding hydrogens is 264 g/mol. The highest BCUT2D eigenvalue weighted by Gasteiger charge is 2.15. The van der Waals surface area contributed by atoms with Gasteiger partial charge in [-0.2, -0.15) is 11.8 Å². The van der Waals surface area contributed by atoms with Gasteiger partial charge in [0.05, 0.1) is 11.5 Å². The Kier molecular flexibility index (Phi) is 6.49. The van der Waals surface area contributed by atoms with E-state index in [0.29, 0.717) is 18.4 Å². The average molecular weight is 284 g/mol. The molecule has 6 heteroatoms. The molecular formula is C13H20N2O3S. The Morgan fingerprint density at radius 3 is 2.84 bits per heavy atom. The van der Waals surface area contributed by atoms with Crippen LogP contribution in [0.1, 0.15) is 20.3 Å². The van der Waals surface area contributed by atoms with E-state index in [9.17, 15) is 10.1 Å². The maximum absolute atomic E-state index is 10.9. The van der Waals surface area contributed by atoms with Crippen molar-refractivity contribution in [3.05, 3.63) is 28.3 Å². The molecule has 0 aliphatic carbocycles. The van der Waals surface area contributed by atoms with Crippen molar-refractivity contribution in [1.82, 2.24) is 0 Å². The molecule has 5 nitrogen and oxygen atoms in total. The van der Waals surface area contributed by atoms with E-state index in [1.807, 2.05) is 6.92 Å². The topological polar surface area (TPSA) is 64.4 Å². The minimum Gasteiger partial charge on any atom is -0.487 e. The monoisotopic (exact) mass is 284 g/mol. The second-order valence-electron chi connectivity index (χ2n) is 4.20. The van der Waals surface area contributed by atoms with Gasteiger partial charge in [0.2, 0.25) is 0 Å². The van der Waals surface area contributed by atoms with Crippen LogP contribution in [0.25, 0.3) is 0 Å². The molecule has 0 saturated carbocycles. The number of nitro benzene ring substituents is 1. The van der Waals surface area contributed by atoms with Gasteiger partial charge >= 0.3 is 5.69 Å². The van der Waals surface area contributed by atoms with Gasteiger partial charge < -0.3 is 10.1 Å². The lowest BCUT2D eigenvalue weighted by Gasteiger charge is -2.15. The molecule has 1 atom stereocenters. The van der Waals surface area contributed by atoms with Crippen LogP contribution < -0.4 is 10.1 Å². The highest BCUT2D eigenvalue weighted by atomic mass is 32.2. The molecule has 1 aromatic rings. The predicted molar refractivity (Wildman–Crippen MR) is 80.3 cm³/mol. The summed E-state index contributed by atoms with van der Waals surface area (Å²) in [6, 6.07) is 5.21. The molecule has 0 amide bonds. The summed E-state index contributed by atoms with van der Waals surface area (Å²) in [6.45, 7) is 4.31. The summed E-state index contributed by atoms with van der Waals surface area (Å²) in [5.74, 6) is 1.40. The lowest BCUT2D eigenvalue weighted by Crippen LogP contribution is -2.16. The molecule has 0 aliphatic rings. The quantitative estimate of drug-likeness (QED) is 0.584. The zero-order valence-corrected chi connectivity index (χ0v) is 12.3. The molecule has 1 unspecified atom stereocenters. The van der Waals surface area contributed by atoms with Gasteiger partial charge in [-0.15, -0.1) is 0 Å². The number of hydrogen-bond acceptors (Lipinski definition) is 5. The predicted octanol–water partition coefficient (Wildman–Crippen LogP) is 3.55. The standard InChI is InChI=1S/C13H20N2O3S/c1-4-18-13-9-11(5-6-12(13)15(16)17)14-10(2)7-8-19-3/h5-6,9-10,14H,4,7-8H2,1-3H3. The molecule has 106 valence electrons. The van der Waals surface area contributed by atoms with Crippen molar-refractivity contribution in [2.75, 3.05) is 23.9 Å². The molecule has 1 aromatic carbocycles. The number of nitro groups is 1. The molecule has 1 N–H and O–H groups in total. The minimum atomic E-state index is -0.425. The van der Waals surface area contributed by atoms with Gasteiger partial charge in [-0.05, 0) is 38.3 Å². The average Bonchev–Trinajstić information content (AvgIpc) is 2.36. The van der Waals surface area contributed by atoms with Crippen molar-refractivity contribution >= 4 is 23.1 Å². The fourth-order valence-electron chi connectivity index (χ4n) is 1.68. The number of ether oxygens (including phenoxy) is 1. The van der Waals surface area contributed by atoms with E-state index in [1.54, 1.807) is 23.9 Å². The van der Waals surface area contributed by atoms with Crippen LogP contribution >= 0.6 is 11.8 Å². The number of benzene rings is 1. The van der Waals surface area contributed by atoms with Gasteiger partial charge in [0.25, 0.3) is 0 Å². The molecule has 0 saturated heterocycles. The van der Waals surface area contributed by atoms with Crippen LogP contribution in [0.3, 0.4) is 0 Å². The minimum absolute atomic E-state index is 0.00386. The maximum Gasteiger partial charge on any atom is 0.311 e. The molecule has 0 fully saturated rings. The second-order valence-corrected chi connectivity index (χ2v) is 5.19. The third-order valence-corrected chi connectivity index (χ3v) is 3.27. The number of rotatable bonds is 8. The van der Waals surface area contributed by atoms with Crippen molar-refractivity contribution in [1.29, 1.82) is 0 Å². The second kappa shape index (κ2) is 7.89. The number of nitrogens with one attached hydrogen (secondary N) is 1. The maximum atomic E-state index is 10.9. The highest BCUT2D eigenvalue weighted by molar-refractivity contribution is 7.98. The SMILES string of the molecule is CCOc1cc(NC(C)CCSC)ccc1[N+](=O)[O-]. The Labute approximate surface area is 117 Å². The van der Waals surface area contributed by atoms with Crippen molar-refractivity contribution in [2.24, 2.45) is 0 Å². The van der Waals surface area contributed by atoms with Gasteiger partial charge in [-0.1, -0.05) is 0 Å². The number of nitrogens with zero attached hydrogens (tertiary/aromatic N) is 1. The first-order valence-corrected chi connectivity index (χ1v) is 7.64. The van der Waals surface area contributed by atoms with Gasteiger partial charge in [0, 0.05) is 23.9 Å². The first-order valence-electron chi connectivity index (χ1n) is 6.25. The van der Waals surface area contributed by atoms with Crippen molar-refractivity contribution in [3.8, 4) is 5.75 Å². The smallest absolute Gasteiger partial charge is 0.311 e. The fourth-order valence-corrected chi connectivity index (χ4v) is 2.27. The summed E-state index contributed by atoms with van der Waals surface area (Å²) in [7, 11) is 0. The van der Waals surface area contributed by atoms with Crippen molar-refractivity contribution in [2.45, 2.75) is 26.3 Å². The Bertz CT molecular complexity index is 426. The van der Waals surface area contributed by atoms with Crippen molar-refractivity contribution < 1.29 is 9.66 Å². The van der Waals surface area contributed by atoms with Crippen LogP contribution in [-0.2, 0) is 0 Å². The van der Waals surface area contributed by atoms with E-state index in [0.717, 1.165) is 17.9 Å². The van der Waals surface area contributed by atoms with Crippen LogP contribution in [0.15, 0.2) is 18.2 Å². The summed E-state index contributed by atoms with van der Waals surface area (Å²) in [5, 5.41) is 14.2. The zero-order chi connectivity index (χ0) is 14.3. The lowest BCUT2D eigenvalue weighted by atomic mass is 10.2. The normalized spacial score (nSPS) is 11.9. The van der Waals surface area contributed by atoms with E-state index >= 15 is 0 Å².